The van der Waals surface area contributed by atoms with Gasteiger partial charge in [0, 0.05) is 0 Å². The Kier molecular flexibility index (Phi) is 8.16. The number of rotatable bonds is 9. The van der Waals surface area contributed by atoms with Gasteiger partial charge < -0.3 is 14.8 Å². The predicted molar refractivity (Wildman–Crippen MR) is 85.9 cm³/mol. The first-order valence-corrected chi connectivity index (χ1v) is 8.87. The molecule has 0 radical (unpaired) electrons. The van der Waals surface area contributed by atoms with Crippen LogP contribution in [0.25, 0.3) is 0 Å². The highest BCUT2D eigenvalue weighted by Crippen LogP contribution is 2.03. The van der Waals surface area contributed by atoms with Crippen molar-refractivity contribution >= 4 is 22.1 Å². The number of esters is 1. The lowest BCUT2D eigenvalue weighted by molar-refractivity contribution is -0.145. The molecule has 1 amide bonds. The van der Waals surface area contributed by atoms with E-state index in [9.17, 15) is 18.0 Å². The van der Waals surface area contributed by atoms with Crippen molar-refractivity contribution in [3.63, 3.8) is 0 Å². The second kappa shape index (κ2) is 9.85. The van der Waals surface area contributed by atoms with Gasteiger partial charge in [0.2, 0.25) is 10.0 Å². The third-order valence-electron chi connectivity index (χ3n) is 2.93. The molecule has 0 saturated heterocycles. The van der Waals surface area contributed by atoms with Crippen LogP contribution in [-0.4, -0.2) is 38.9 Å². The number of amides is 1. The third-order valence-corrected chi connectivity index (χ3v) is 4.06. The second-order valence-electron chi connectivity index (χ2n) is 4.74. The molecule has 1 atom stereocenters. The molecule has 0 aromatic heterocycles. The van der Waals surface area contributed by atoms with E-state index in [4.69, 9.17) is 15.3 Å². The van der Waals surface area contributed by atoms with Crippen molar-refractivity contribution in [2.45, 2.75) is 26.0 Å². The first-order chi connectivity index (χ1) is 11.4. The van der Waals surface area contributed by atoms with Crippen LogP contribution in [0.15, 0.2) is 30.3 Å². The monoisotopic (exact) mass is 359 g/mol. The molecule has 9 nitrogen and oxygen atoms in total. The van der Waals surface area contributed by atoms with Crippen molar-refractivity contribution in [3.8, 4) is 0 Å². The topological polar surface area (TPSA) is 137 Å². The summed E-state index contributed by atoms with van der Waals surface area (Å²) in [6.07, 6.45) is -1.05. The fourth-order valence-corrected chi connectivity index (χ4v) is 2.39. The summed E-state index contributed by atoms with van der Waals surface area (Å²) >= 11 is 0. The molecule has 0 aliphatic rings. The Hall–Kier alpha value is -2.17. The summed E-state index contributed by atoms with van der Waals surface area (Å²) < 4.78 is 32.5. The molecule has 4 N–H and O–H groups in total. The van der Waals surface area contributed by atoms with E-state index in [2.05, 4.69) is 5.32 Å². The Morgan fingerprint density at radius 3 is 2.46 bits per heavy atom. The van der Waals surface area contributed by atoms with Gasteiger partial charge in [-0.1, -0.05) is 30.3 Å². The average molecular weight is 359 g/mol. The van der Waals surface area contributed by atoms with Gasteiger partial charge in [-0.15, -0.1) is 0 Å². The number of carbonyl (C=O) groups excluding carboxylic acids is 2. The predicted octanol–water partition coefficient (Wildman–Crippen LogP) is 0.0277. The largest absolute Gasteiger partial charge is 0.464 e. The Labute approximate surface area is 140 Å². The number of alkyl carbamates (subject to hydrolysis) is 1. The van der Waals surface area contributed by atoms with Crippen LogP contribution in [0.1, 0.15) is 18.9 Å². The minimum atomic E-state index is -3.73. The van der Waals surface area contributed by atoms with Crippen LogP contribution >= 0.6 is 0 Å². The van der Waals surface area contributed by atoms with E-state index in [1.54, 1.807) is 36.0 Å². The molecule has 10 heteroatoms. The Bertz CT molecular complexity index is 635. The molecule has 1 unspecified atom stereocenters. The summed E-state index contributed by atoms with van der Waals surface area (Å²) in [4.78, 5) is 25.3. The van der Waals surface area contributed by atoms with Gasteiger partial charge in [-0.2, -0.15) is 4.83 Å². The van der Waals surface area contributed by atoms with Crippen LogP contribution in [-0.2, 0) is 30.9 Å². The highest BCUT2D eigenvalue weighted by atomic mass is 32.2. The molecule has 0 spiro atoms. The van der Waals surface area contributed by atoms with E-state index in [0.29, 0.717) is 0 Å². The first-order valence-electron chi connectivity index (χ1n) is 7.22. The van der Waals surface area contributed by atoms with Crippen molar-refractivity contribution in [1.29, 1.82) is 0 Å². The van der Waals surface area contributed by atoms with E-state index in [-0.39, 0.29) is 19.6 Å². The van der Waals surface area contributed by atoms with E-state index in [1.807, 2.05) is 6.07 Å². The average Bonchev–Trinajstić information content (AvgIpc) is 2.58. The molecule has 1 aromatic rings. The van der Waals surface area contributed by atoms with Gasteiger partial charge in [0.05, 0.1) is 12.4 Å². The van der Waals surface area contributed by atoms with E-state index < -0.39 is 33.9 Å². The Morgan fingerprint density at radius 1 is 1.21 bits per heavy atom. The quantitative estimate of drug-likeness (QED) is 0.321. The van der Waals surface area contributed by atoms with Gasteiger partial charge in [0.1, 0.15) is 12.6 Å². The van der Waals surface area contributed by atoms with Gasteiger partial charge in [-0.3, -0.25) is 5.84 Å². The van der Waals surface area contributed by atoms with Crippen molar-refractivity contribution in [2.75, 3.05) is 12.4 Å². The second-order valence-corrected chi connectivity index (χ2v) is 6.61. The molecular formula is C14H21N3O6S. The maximum atomic E-state index is 11.8. The number of hydrogen-bond donors (Lipinski definition) is 3. The number of sulfonamides is 1. The van der Waals surface area contributed by atoms with E-state index in [1.165, 1.54) is 0 Å². The number of carbonyl (C=O) groups is 2. The molecule has 0 bridgehead atoms. The minimum Gasteiger partial charge on any atom is -0.464 e. The lowest BCUT2D eigenvalue weighted by atomic mass is 10.2. The number of nitrogens with one attached hydrogen (secondary N) is 2. The zero-order chi connectivity index (χ0) is 18.0. The normalized spacial score (nSPS) is 12.2. The summed E-state index contributed by atoms with van der Waals surface area (Å²) in [5.74, 6) is 3.67. The molecule has 0 heterocycles. The molecular weight excluding hydrogens is 338 g/mol. The number of benzene rings is 1. The van der Waals surface area contributed by atoms with Crippen LogP contribution in [0.2, 0.25) is 0 Å². The summed E-state index contributed by atoms with van der Waals surface area (Å²) in [6, 6.07) is 7.81. The van der Waals surface area contributed by atoms with Gasteiger partial charge in [0.25, 0.3) is 0 Å². The molecule has 134 valence electrons. The van der Waals surface area contributed by atoms with Crippen LogP contribution in [0, 0.1) is 0 Å². The zero-order valence-corrected chi connectivity index (χ0v) is 14.0. The molecule has 1 aromatic carbocycles. The van der Waals surface area contributed by atoms with E-state index >= 15 is 0 Å². The highest BCUT2D eigenvalue weighted by molar-refractivity contribution is 7.89. The van der Waals surface area contributed by atoms with Crippen molar-refractivity contribution in [3.05, 3.63) is 35.9 Å². The number of hydrazine groups is 1. The molecule has 0 saturated carbocycles. The van der Waals surface area contributed by atoms with Crippen molar-refractivity contribution in [2.24, 2.45) is 5.84 Å². The summed E-state index contributed by atoms with van der Waals surface area (Å²) in [5.41, 5.74) is 0.773. The fraction of sp³-hybridized carbons (Fsp3) is 0.429. The van der Waals surface area contributed by atoms with E-state index in [0.717, 1.165) is 5.56 Å². The lowest BCUT2D eigenvalue weighted by Gasteiger charge is -2.17. The summed E-state index contributed by atoms with van der Waals surface area (Å²) in [5, 5.41) is 2.30. The number of ether oxygens (including phenoxy) is 2. The third kappa shape index (κ3) is 7.40. The first kappa shape index (κ1) is 19.9. The van der Waals surface area contributed by atoms with Gasteiger partial charge >= 0.3 is 12.1 Å². The smallest absolute Gasteiger partial charge is 0.408 e. The number of nitrogens with two attached hydrogens (primary N) is 1. The minimum absolute atomic E-state index is 0.0187. The zero-order valence-electron chi connectivity index (χ0n) is 13.2. The lowest BCUT2D eigenvalue weighted by Crippen LogP contribution is -2.44. The SMILES string of the molecule is CCOC(=O)C(CCS(=O)(=O)NN)NC(=O)OCc1ccccc1. The standard InChI is InChI=1S/C14H21N3O6S/c1-2-22-13(18)12(8-9-24(20,21)17-15)16-14(19)23-10-11-6-4-3-5-7-11/h3-7,12,17H,2,8-10,15H2,1H3,(H,16,19). The van der Waals surface area contributed by atoms with Crippen LogP contribution < -0.4 is 16.0 Å². The maximum absolute atomic E-state index is 11.8. The Balaban J connectivity index is 2.59. The highest BCUT2D eigenvalue weighted by Gasteiger charge is 2.25. The van der Waals surface area contributed by atoms with Crippen molar-refractivity contribution in [1.82, 2.24) is 10.1 Å². The number of hydrogen-bond acceptors (Lipinski definition) is 7. The van der Waals surface area contributed by atoms with Gasteiger partial charge in [-0.25, -0.2) is 18.0 Å². The van der Waals surface area contributed by atoms with Crippen molar-refractivity contribution < 1.29 is 27.5 Å². The van der Waals surface area contributed by atoms with Gasteiger partial charge in [-0.05, 0) is 18.9 Å². The fourth-order valence-electron chi connectivity index (χ4n) is 1.73. The Morgan fingerprint density at radius 2 is 1.88 bits per heavy atom. The summed E-state index contributed by atoms with van der Waals surface area (Å²) in [7, 11) is -3.73. The molecule has 0 fully saturated rings. The van der Waals surface area contributed by atoms with Crippen LogP contribution in [0.3, 0.4) is 0 Å². The molecule has 1 rings (SSSR count). The maximum Gasteiger partial charge on any atom is 0.408 e. The molecule has 0 aliphatic heterocycles. The molecule has 0 aliphatic carbocycles. The van der Waals surface area contributed by atoms with Gasteiger partial charge in [0.15, 0.2) is 0 Å². The van der Waals surface area contributed by atoms with Crippen LogP contribution in [0.4, 0.5) is 4.79 Å². The molecule has 24 heavy (non-hydrogen) atoms. The van der Waals surface area contributed by atoms with Crippen LogP contribution in [0.5, 0.6) is 0 Å². The summed E-state index contributed by atoms with van der Waals surface area (Å²) in [6.45, 7) is 1.71.